The van der Waals surface area contributed by atoms with E-state index in [9.17, 15) is 0 Å². The molecule has 2 N–H and O–H groups in total. The average Bonchev–Trinajstić information content (AvgIpc) is 2.02. The van der Waals surface area contributed by atoms with E-state index in [0.717, 1.165) is 13.0 Å². The predicted molar refractivity (Wildman–Crippen MR) is 58.6 cm³/mol. The minimum absolute atomic E-state index is 0.359. The molecule has 1 unspecified atom stereocenters. The summed E-state index contributed by atoms with van der Waals surface area (Å²) in [6, 6.07) is 0.359. The molecular weight excluding hydrogens is 277 g/mol. The van der Waals surface area contributed by atoms with E-state index in [1.165, 1.54) is 10.9 Å². The first-order chi connectivity index (χ1) is 5.70. The Morgan fingerprint density at radius 1 is 1.58 bits per heavy atom. The van der Waals surface area contributed by atoms with Crippen LogP contribution in [-0.4, -0.2) is 37.7 Å². The molecule has 0 radical (unpaired) electrons. The van der Waals surface area contributed by atoms with Crippen molar-refractivity contribution >= 4 is 27.7 Å². The molecule has 0 rings (SSSR count). The summed E-state index contributed by atoms with van der Waals surface area (Å²) in [5.41, 5.74) is 5.67. The SMILES string of the molecule is CC[O][Sn+]([CH2]CCC(C)N)[S]C. The molecule has 0 aromatic carbocycles. The summed E-state index contributed by atoms with van der Waals surface area (Å²) in [5, 5.41) is 0. The fourth-order valence-corrected chi connectivity index (χ4v) is 8.54. The van der Waals surface area contributed by atoms with Crippen LogP contribution in [0.5, 0.6) is 0 Å². The van der Waals surface area contributed by atoms with Gasteiger partial charge in [-0.2, -0.15) is 0 Å². The van der Waals surface area contributed by atoms with Gasteiger partial charge in [-0.3, -0.25) is 0 Å². The molecule has 72 valence electrons. The summed E-state index contributed by atoms with van der Waals surface area (Å²) in [6.07, 6.45) is 4.58. The second kappa shape index (κ2) is 8.66. The van der Waals surface area contributed by atoms with Gasteiger partial charge in [0.1, 0.15) is 0 Å². The van der Waals surface area contributed by atoms with E-state index in [1.807, 2.05) is 8.95 Å². The number of hydrogen-bond donors (Lipinski definition) is 1. The molecule has 2 nitrogen and oxygen atoms in total. The fourth-order valence-electron chi connectivity index (χ4n) is 0.963. The molecule has 0 aromatic heterocycles. The second-order valence-corrected chi connectivity index (χ2v) is 14.2. The van der Waals surface area contributed by atoms with Crippen LogP contribution in [0.2, 0.25) is 4.44 Å². The van der Waals surface area contributed by atoms with Gasteiger partial charge in [0, 0.05) is 0 Å². The van der Waals surface area contributed by atoms with Crippen molar-refractivity contribution in [2.45, 2.75) is 37.2 Å². The van der Waals surface area contributed by atoms with Gasteiger partial charge in [-0.05, 0) is 0 Å². The standard InChI is InChI=1S/C5H12N.C2H5O.CH4S.Sn/c1-3-4-5(2)6;1-2-3;1-2;/h5H,1,3-4,6H2,2H3;2H2,1H3;2H,1H3;/q;-1;;+3/p-1. The average molecular weight is 297 g/mol. The van der Waals surface area contributed by atoms with Gasteiger partial charge in [0.2, 0.25) is 0 Å². The Labute approximate surface area is 86.4 Å². The zero-order valence-electron chi connectivity index (χ0n) is 8.30. The number of rotatable bonds is 7. The number of hydrogen-bond acceptors (Lipinski definition) is 3. The second-order valence-electron chi connectivity index (χ2n) is 2.88. The molecule has 0 aromatic rings. The van der Waals surface area contributed by atoms with Crippen LogP contribution in [0, 0.1) is 0 Å². The summed E-state index contributed by atoms with van der Waals surface area (Å²) < 4.78 is 7.01. The molecule has 0 fully saturated rings. The summed E-state index contributed by atoms with van der Waals surface area (Å²) in [4.78, 5) is 0. The van der Waals surface area contributed by atoms with E-state index < -0.39 is 18.8 Å². The van der Waals surface area contributed by atoms with Crippen molar-refractivity contribution in [3.63, 3.8) is 0 Å². The Kier molecular flexibility index (Phi) is 9.43. The zero-order chi connectivity index (χ0) is 9.40. The summed E-state index contributed by atoms with van der Waals surface area (Å²) in [5.74, 6) is 0. The zero-order valence-corrected chi connectivity index (χ0v) is 12.0. The molecule has 0 heterocycles. The minimum atomic E-state index is -1.44. The van der Waals surface area contributed by atoms with Crippen LogP contribution in [0.15, 0.2) is 0 Å². The maximum atomic E-state index is 5.69. The topological polar surface area (TPSA) is 35.2 Å². The molecule has 12 heavy (non-hydrogen) atoms. The van der Waals surface area contributed by atoms with Crippen molar-refractivity contribution in [1.82, 2.24) is 0 Å². The van der Waals surface area contributed by atoms with Gasteiger partial charge in [0.05, 0.1) is 0 Å². The van der Waals surface area contributed by atoms with E-state index >= 15 is 0 Å². The third-order valence-electron chi connectivity index (χ3n) is 1.57. The fraction of sp³-hybridized carbons (Fsp3) is 1.00. The summed E-state index contributed by atoms with van der Waals surface area (Å²) in [6.45, 7) is 5.05. The summed E-state index contributed by atoms with van der Waals surface area (Å²) in [7, 11) is 1.98. The van der Waals surface area contributed by atoms with Crippen LogP contribution in [0.4, 0.5) is 0 Å². The van der Waals surface area contributed by atoms with Crippen molar-refractivity contribution < 1.29 is 3.07 Å². The van der Waals surface area contributed by atoms with Gasteiger partial charge >= 0.3 is 86.6 Å². The van der Waals surface area contributed by atoms with Crippen LogP contribution >= 0.6 is 8.95 Å². The molecule has 0 aliphatic heterocycles. The Hall–Kier alpha value is 1.07. The van der Waals surface area contributed by atoms with E-state index in [1.54, 1.807) is 0 Å². The Balaban J connectivity index is 3.31. The van der Waals surface area contributed by atoms with Crippen molar-refractivity contribution in [2.75, 3.05) is 12.9 Å². The van der Waals surface area contributed by atoms with Gasteiger partial charge in [0.25, 0.3) is 0 Å². The van der Waals surface area contributed by atoms with Crippen molar-refractivity contribution in [3.8, 4) is 0 Å². The van der Waals surface area contributed by atoms with E-state index in [-0.39, 0.29) is 0 Å². The van der Waals surface area contributed by atoms with Crippen LogP contribution in [0.25, 0.3) is 0 Å². The molecule has 0 spiro atoms. The molecule has 0 bridgehead atoms. The number of nitrogens with two attached hydrogens (primary N) is 1. The maximum absolute atomic E-state index is 5.69. The van der Waals surface area contributed by atoms with E-state index in [0.29, 0.717) is 6.04 Å². The van der Waals surface area contributed by atoms with Gasteiger partial charge in [-0.1, -0.05) is 0 Å². The quantitative estimate of drug-likeness (QED) is 0.730. The third-order valence-corrected chi connectivity index (χ3v) is 12.0. The molecule has 1 atom stereocenters. The van der Waals surface area contributed by atoms with Crippen molar-refractivity contribution in [2.24, 2.45) is 5.73 Å². The molecule has 0 aliphatic rings. The Morgan fingerprint density at radius 3 is 2.67 bits per heavy atom. The first kappa shape index (κ1) is 13.1. The van der Waals surface area contributed by atoms with E-state index in [4.69, 9.17) is 8.81 Å². The monoisotopic (exact) mass is 298 g/mol. The Morgan fingerprint density at radius 2 is 2.25 bits per heavy atom. The van der Waals surface area contributed by atoms with Gasteiger partial charge in [-0.15, -0.1) is 0 Å². The predicted octanol–water partition coefficient (Wildman–Crippen LogP) is 2.00. The molecule has 0 saturated carbocycles. The van der Waals surface area contributed by atoms with Crippen molar-refractivity contribution in [3.05, 3.63) is 0 Å². The molecular formula is C8H20NOSSn+. The van der Waals surface area contributed by atoms with Crippen LogP contribution < -0.4 is 5.73 Å². The van der Waals surface area contributed by atoms with Gasteiger partial charge < -0.3 is 0 Å². The van der Waals surface area contributed by atoms with Crippen molar-refractivity contribution in [1.29, 1.82) is 0 Å². The Bertz CT molecular complexity index is 103. The first-order valence-electron chi connectivity index (χ1n) is 4.48. The molecule has 4 heteroatoms. The van der Waals surface area contributed by atoms with Gasteiger partial charge in [0.15, 0.2) is 0 Å². The van der Waals surface area contributed by atoms with Crippen LogP contribution in [0.3, 0.4) is 0 Å². The molecule has 0 saturated heterocycles. The third kappa shape index (κ3) is 7.70. The summed E-state index contributed by atoms with van der Waals surface area (Å²) >= 11 is -1.44. The molecule has 0 amide bonds. The van der Waals surface area contributed by atoms with E-state index in [2.05, 4.69) is 20.1 Å². The normalized spacial score (nSPS) is 13.0. The van der Waals surface area contributed by atoms with Crippen LogP contribution in [-0.2, 0) is 3.07 Å². The molecule has 0 aliphatic carbocycles. The van der Waals surface area contributed by atoms with Gasteiger partial charge in [-0.25, -0.2) is 0 Å². The first-order valence-corrected chi connectivity index (χ1v) is 12.4. The van der Waals surface area contributed by atoms with Crippen LogP contribution in [0.1, 0.15) is 26.7 Å².